The van der Waals surface area contributed by atoms with E-state index in [-0.39, 0.29) is 5.41 Å². The first kappa shape index (κ1) is 8.65. The predicted molar refractivity (Wildman–Crippen MR) is 47.1 cm³/mol. The van der Waals surface area contributed by atoms with E-state index in [0.29, 0.717) is 13.2 Å². The summed E-state index contributed by atoms with van der Waals surface area (Å²) in [6.45, 7) is 4.02. The lowest BCUT2D eigenvalue weighted by Crippen LogP contribution is -2.23. The zero-order valence-corrected chi connectivity index (χ0v) is 7.71. The van der Waals surface area contributed by atoms with E-state index in [1.165, 1.54) is 0 Å². The number of nitrogens with two attached hydrogens (primary N) is 1. The third-order valence-electron chi connectivity index (χ3n) is 2.48. The van der Waals surface area contributed by atoms with Crippen LogP contribution in [0.2, 0.25) is 0 Å². The molecule has 0 spiro atoms. The quantitative estimate of drug-likeness (QED) is 0.671. The Morgan fingerprint density at radius 2 is 2.54 bits per heavy atom. The molecule has 3 N–H and O–H groups in total. The predicted octanol–water partition coefficient (Wildman–Crippen LogP) is -0.0586. The van der Waals surface area contributed by atoms with Crippen molar-refractivity contribution in [3.05, 3.63) is 11.6 Å². The molecule has 1 atom stereocenters. The summed E-state index contributed by atoms with van der Waals surface area (Å²) >= 11 is 0. The van der Waals surface area contributed by atoms with Crippen molar-refractivity contribution in [2.75, 3.05) is 13.2 Å². The van der Waals surface area contributed by atoms with Gasteiger partial charge in [-0.3, -0.25) is 5.10 Å². The summed E-state index contributed by atoms with van der Waals surface area (Å²) in [5.41, 5.74) is 5.42. The molecule has 1 saturated heterocycles. The fourth-order valence-electron chi connectivity index (χ4n) is 1.50. The number of aromatic amines is 1. The molecule has 0 aromatic carbocycles. The van der Waals surface area contributed by atoms with Gasteiger partial charge in [0.15, 0.2) is 5.82 Å². The number of nitrogens with one attached hydrogen (secondary N) is 1. The van der Waals surface area contributed by atoms with E-state index < -0.39 is 0 Å². The van der Waals surface area contributed by atoms with Gasteiger partial charge in [0.2, 0.25) is 0 Å². The minimum atomic E-state index is -0.0239. The maximum absolute atomic E-state index is 5.44. The number of ether oxygens (including phenoxy) is 1. The Morgan fingerprint density at radius 3 is 3.08 bits per heavy atom. The second-order valence-corrected chi connectivity index (χ2v) is 3.67. The van der Waals surface area contributed by atoms with Crippen LogP contribution in [0.4, 0.5) is 0 Å². The van der Waals surface area contributed by atoms with Gasteiger partial charge in [0, 0.05) is 6.61 Å². The molecule has 5 heteroatoms. The fourth-order valence-corrected chi connectivity index (χ4v) is 1.50. The van der Waals surface area contributed by atoms with Crippen molar-refractivity contribution in [3.63, 3.8) is 0 Å². The van der Waals surface area contributed by atoms with Gasteiger partial charge < -0.3 is 10.5 Å². The van der Waals surface area contributed by atoms with Crippen molar-refractivity contribution in [1.29, 1.82) is 0 Å². The standard InChI is InChI=1S/C8H14N4O/c1-8(2-3-13-5-8)7-10-6(4-9)11-12-7/h2-5,9H2,1H3,(H,10,11,12). The van der Waals surface area contributed by atoms with Crippen LogP contribution in [-0.4, -0.2) is 28.4 Å². The lowest BCUT2D eigenvalue weighted by Gasteiger charge is -2.16. The maximum Gasteiger partial charge on any atom is 0.159 e. The fraction of sp³-hybridized carbons (Fsp3) is 0.750. The zero-order valence-electron chi connectivity index (χ0n) is 7.71. The lowest BCUT2D eigenvalue weighted by molar-refractivity contribution is 0.179. The van der Waals surface area contributed by atoms with E-state index in [4.69, 9.17) is 10.5 Å². The first-order valence-electron chi connectivity index (χ1n) is 4.44. The molecule has 1 aliphatic rings. The molecule has 13 heavy (non-hydrogen) atoms. The molecule has 2 rings (SSSR count). The summed E-state index contributed by atoms with van der Waals surface area (Å²) in [4.78, 5) is 4.31. The van der Waals surface area contributed by atoms with Gasteiger partial charge >= 0.3 is 0 Å². The highest BCUT2D eigenvalue weighted by atomic mass is 16.5. The molecule has 0 saturated carbocycles. The van der Waals surface area contributed by atoms with Crippen molar-refractivity contribution in [2.24, 2.45) is 5.73 Å². The van der Waals surface area contributed by atoms with E-state index in [2.05, 4.69) is 22.1 Å². The highest BCUT2D eigenvalue weighted by Crippen LogP contribution is 2.29. The minimum Gasteiger partial charge on any atom is -0.380 e. The number of hydrogen-bond donors (Lipinski definition) is 2. The number of aromatic nitrogens is 3. The summed E-state index contributed by atoms with van der Waals surface area (Å²) in [6.07, 6.45) is 0.981. The van der Waals surface area contributed by atoms with Gasteiger partial charge in [-0.05, 0) is 6.42 Å². The molecule has 5 nitrogen and oxygen atoms in total. The first-order valence-corrected chi connectivity index (χ1v) is 4.44. The average molecular weight is 182 g/mol. The summed E-state index contributed by atoms with van der Waals surface area (Å²) in [7, 11) is 0. The molecule has 72 valence electrons. The van der Waals surface area contributed by atoms with Crippen molar-refractivity contribution in [3.8, 4) is 0 Å². The van der Waals surface area contributed by atoms with E-state index in [1.807, 2.05) is 0 Å². The van der Waals surface area contributed by atoms with Crippen LogP contribution in [0.1, 0.15) is 25.0 Å². The van der Waals surface area contributed by atoms with Gasteiger partial charge in [0.1, 0.15) is 5.82 Å². The van der Waals surface area contributed by atoms with Gasteiger partial charge in [0.25, 0.3) is 0 Å². The third-order valence-corrected chi connectivity index (χ3v) is 2.48. The molecule has 1 aromatic rings. The Hall–Kier alpha value is -0.940. The van der Waals surface area contributed by atoms with E-state index in [0.717, 1.165) is 24.7 Å². The Kier molecular flexibility index (Phi) is 2.05. The largest absolute Gasteiger partial charge is 0.380 e. The Labute approximate surface area is 76.7 Å². The van der Waals surface area contributed by atoms with Crippen molar-refractivity contribution < 1.29 is 4.74 Å². The van der Waals surface area contributed by atoms with Gasteiger partial charge in [-0.25, -0.2) is 4.98 Å². The zero-order chi connectivity index (χ0) is 9.31. The second kappa shape index (κ2) is 3.08. The molecule has 1 aliphatic heterocycles. The molecule has 0 radical (unpaired) electrons. The number of H-pyrrole nitrogens is 1. The smallest absolute Gasteiger partial charge is 0.159 e. The Morgan fingerprint density at radius 1 is 1.69 bits per heavy atom. The minimum absolute atomic E-state index is 0.0239. The number of hydrogen-bond acceptors (Lipinski definition) is 4. The molecular weight excluding hydrogens is 168 g/mol. The van der Waals surface area contributed by atoms with Gasteiger partial charge in [-0.2, -0.15) is 5.10 Å². The van der Waals surface area contributed by atoms with E-state index in [9.17, 15) is 0 Å². The van der Waals surface area contributed by atoms with Gasteiger partial charge in [-0.15, -0.1) is 0 Å². The molecular formula is C8H14N4O. The number of rotatable bonds is 2. The molecule has 0 aliphatic carbocycles. The highest BCUT2D eigenvalue weighted by Gasteiger charge is 2.35. The monoisotopic (exact) mass is 182 g/mol. The third kappa shape index (κ3) is 1.45. The first-order chi connectivity index (χ1) is 6.24. The summed E-state index contributed by atoms with van der Waals surface area (Å²) < 4.78 is 5.33. The second-order valence-electron chi connectivity index (χ2n) is 3.67. The Balaban J connectivity index is 2.23. The van der Waals surface area contributed by atoms with E-state index in [1.54, 1.807) is 0 Å². The van der Waals surface area contributed by atoms with Crippen LogP contribution in [0, 0.1) is 0 Å². The lowest BCUT2D eigenvalue weighted by atomic mass is 9.89. The summed E-state index contributed by atoms with van der Waals surface area (Å²) in [6, 6.07) is 0. The van der Waals surface area contributed by atoms with Crippen LogP contribution < -0.4 is 5.73 Å². The van der Waals surface area contributed by atoms with Crippen LogP contribution >= 0.6 is 0 Å². The molecule has 1 fully saturated rings. The SMILES string of the molecule is CC1(c2n[nH]c(CN)n2)CCOC1. The average Bonchev–Trinajstić information content (AvgIpc) is 2.72. The molecule has 1 aromatic heterocycles. The molecule has 0 amide bonds. The highest BCUT2D eigenvalue weighted by molar-refractivity contribution is 5.08. The van der Waals surface area contributed by atoms with Crippen LogP contribution in [0.3, 0.4) is 0 Å². The van der Waals surface area contributed by atoms with Crippen LogP contribution in [-0.2, 0) is 16.7 Å². The number of nitrogens with zero attached hydrogens (tertiary/aromatic N) is 2. The van der Waals surface area contributed by atoms with Crippen molar-refractivity contribution in [2.45, 2.75) is 25.3 Å². The van der Waals surface area contributed by atoms with Crippen LogP contribution in [0.25, 0.3) is 0 Å². The summed E-state index contributed by atoms with van der Waals surface area (Å²) in [5.74, 6) is 1.56. The maximum atomic E-state index is 5.44. The van der Waals surface area contributed by atoms with Crippen molar-refractivity contribution in [1.82, 2.24) is 15.2 Å². The van der Waals surface area contributed by atoms with Crippen molar-refractivity contribution >= 4 is 0 Å². The van der Waals surface area contributed by atoms with Crippen LogP contribution in [0.5, 0.6) is 0 Å². The molecule has 1 unspecified atom stereocenters. The van der Waals surface area contributed by atoms with E-state index >= 15 is 0 Å². The topological polar surface area (TPSA) is 76.8 Å². The van der Waals surface area contributed by atoms with Crippen LogP contribution in [0.15, 0.2) is 0 Å². The molecule has 2 heterocycles. The van der Waals surface area contributed by atoms with Gasteiger partial charge in [0.05, 0.1) is 18.6 Å². The molecule has 0 bridgehead atoms. The summed E-state index contributed by atoms with van der Waals surface area (Å²) in [5, 5.41) is 6.96. The van der Waals surface area contributed by atoms with Gasteiger partial charge in [-0.1, -0.05) is 6.92 Å². The normalized spacial score (nSPS) is 28.2. The Bertz CT molecular complexity index is 290.